The first-order valence-electron chi connectivity index (χ1n) is 5.77. The lowest BCUT2D eigenvalue weighted by atomic mass is 9.78. The quantitative estimate of drug-likeness (QED) is 0.551. The predicted molar refractivity (Wildman–Crippen MR) is 71.2 cm³/mol. The van der Waals surface area contributed by atoms with E-state index >= 15 is 0 Å². The van der Waals surface area contributed by atoms with E-state index in [1.54, 1.807) is 0 Å². The van der Waals surface area contributed by atoms with Crippen LogP contribution >= 0.6 is 12.2 Å². The van der Waals surface area contributed by atoms with Crippen molar-refractivity contribution in [1.82, 2.24) is 5.32 Å². The molecule has 0 aliphatic heterocycles. The summed E-state index contributed by atoms with van der Waals surface area (Å²) in [5, 5.41) is 2.49. The predicted octanol–water partition coefficient (Wildman–Crippen LogP) is 0.461. The highest BCUT2D eigenvalue weighted by Gasteiger charge is 2.39. The van der Waals surface area contributed by atoms with Crippen molar-refractivity contribution in [3.05, 3.63) is 0 Å². The lowest BCUT2D eigenvalue weighted by Crippen LogP contribution is -2.50. The normalized spacial score (nSPS) is 10.9. The molecule has 0 aliphatic rings. The van der Waals surface area contributed by atoms with Crippen molar-refractivity contribution in [1.29, 1.82) is 0 Å². The number of hydrogen-bond acceptors (Lipinski definition) is 3. The molecule has 2 amide bonds. The lowest BCUT2D eigenvalue weighted by molar-refractivity contribution is -0.130. The van der Waals surface area contributed by atoms with Gasteiger partial charge in [0.05, 0.1) is 16.9 Å². The second-order valence-electron chi connectivity index (χ2n) is 4.10. The Labute approximate surface area is 107 Å². The van der Waals surface area contributed by atoms with Crippen molar-refractivity contribution in [3.63, 3.8) is 0 Å². The van der Waals surface area contributed by atoms with Crippen LogP contribution in [0, 0.1) is 5.41 Å². The van der Waals surface area contributed by atoms with Crippen LogP contribution in [0.2, 0.25) is 0 Å². The number of carbonyl (C=O) groups excluding carboxylic acids is 2. The van der Waals surface area contributed by atoms with E-state index in [-0.39, 0.29) is 17.4 Å². The molecule has 0 radical (unpaired) electrons. The third-order valence-electron chi connectivity index (χ3n) is 2.68. The maximum atomic E-state index is 12.1. The lowest BCUT2D eigenvalue weighted by Gasteiger charge is -2.30. The molecule has 0 aliphatic carbocycles. The van der Waals surface area contributed by atoms with Crippen LogP contribution in [-0.2, 0) is 9.59 Å². The van der Waals surface area contributed by atoms with Gasteiger partial charge in [0.2, 0.25) is 11.8 Å². The Balaban J connectivity index is 4.92. The van der Waals surface area contributed by atoms with E-state index in [4.69, 9.17) is 23.7 Å². The molecule has 98 valence electrons. The molecule has 0 saturated heterocycles. The van der Waals surface area contributed by atoms with Crippen LogP contribution in [0.3, 0.4) is 0 Å². The number of hydrogen-bond donors (Lipinski definition) is 3. The number of amides is 2. The zero-order valence-corrected chi connectivity index (χ0v) is 11.2. The molecule has 0 fully saturated rings. The van der Waals surface area contributed by atoms with Crippen LogP contribution in [-0.4, -0.2) is 23.3 Å². The molecule has 0 aromatic heterocycles. The van der Waals surface area contributed by atoms with Gasteiger partial charge in [0, 0.05) is 0 Å². The van der Waals surface area contributed by atoms with Gasteiger partial charge in [-0.15, -0.1) is 0 Å². The highest BCUT2D eigenvalue weighted by Crippen LogP contribution is 2.30. The third-order valence-corrected chi connectivity index (χ3v) is 3.07. The van der Waals surface area contributed by atoms with E-state index in [1.807, 2.05) is 13.8 Å². The fourth-order valence-electron chi connectivity index (χ4n) is 1.90. The number of carbonyl (C=O) groups is 2. The SMILES string of the molecule is CCCC(CCC)(C(=O)NCC(N)=O)C(N)=S. The molecule has 0 saturated carbocycles. The van der Waals surface area contributed by atoms with Gasteiger partial charge in [-0.25, -0.2) is 0 Å². The molecule has 0 aromatic carbocycles. The summed E-state index contributed by atoms with van der Waals surface area (Å²) >= 11 is 5.02. The number of rotatable bonds is 8. The molecular weight excluding hydrogens is 238 g/mol. The van der Waals surface area contributed by atoms with Crippen molar-refractivity contribution in [2.24, 2.45) is 16.9 Å². The van der Waals surface area contributed by atoms with Crippen molar-refractivity contribution < 1.29 is 9.59 Å². The Morgan fingerprint density at radius 3 is 1.94 bits per heavy atom. The van der Waals surface area contributed by atoms with Crippen molar-refractivity contribution in [3.8, 4) is 0 Å². The van der Waals surface area contributed by atoms with E-state index in [0.29, 0.717) is 12.8 Å². The van der Waals surface area contributed by atoms with Gasteiger partial charge in [0.25, 0.3) is 0 Å². The molecule has 5 nitrogen and oxygen atoms in total. The summed E-state index contributed by atoms with van der Waals surface area (Å²) in [5.74, 6) is -0.879. The Bertz CT molecular complexity index is 299. The summed E-state index contributed by atoms with van der Waals surface area (Å²) < 4.78 is 0. The minimum atomic E-state index is -0.853. The fraction of sp³-hybridized carbons (Fsp3) is 0.727. The van der Waals surface area contributed by atoms with Crippen molar-refractivity contribution >= 4 is 29.0 Å². The molecule has 0 atom stereocenters. The standard InChI is InChI=1S/C11H21N3O2S/c1-3-5-11(6-4-2,9(13)17)10(16)14-7-8(12)15/h3-7H2,1-2H3,(H2,12,15)(H2,13,17)(H,14,16). The van der Waals surface area contributed by atoms with E-state index < -0.39 is 11.3 Å². The summed E-state index contributed by atoms with van der Waals surface area (Å²) in [4.78, 5) is 22.9. The maximum absolute atomic E-state index is 12.1. The van der Waals surface area contributed by atoms with Gasteiger partial charge in [-0.1, -0.05) is 38.9 Å². The molecule has 5 N–H and O–H groups in total. The minimum absolute atomic E-state index is 0.183. The molecule has 0 bridgehead atoms. The van der Waals surface area contributed by atoms with Gasteiger partial charge in [0.1, 0.15) is 0 Å². The molecule has 17 heavy (non-hydrogen) atoms. The van der Waals surface area contributed by atoms with E-state index in [1.165, 1.54) is 0 Å². The molecule has 6 heteroatoms. The molecule has 0 unspecified atom stereocenters. The van der Waals surface area contributed by atoms with Gasteiger partial charge < -0.3 is 16.8 Å². The summed E-state index contributed by atoms with van der Waals surface area (Å²) in [6.45, 7) is 3.74. The monoisotopic (exact) mass is 259 g/mol. The van der Waals surface area contributed by atoms with Crippen LogP contribution in [0.25, 0.3) is 0 Å². The third kappa shape index (κ3) is 4.30. The van der Waals surface area contributed by atoms with Crippen LogP contribution in [0.15, 0.2) is 0 Å². The summed E-state index contributed by atoms with van der Waals surface area (Å²) in [5.41, 5.74) is 9.84. The van der Waals surface area contributed by atoms with E-state index in [0.717, 1.165) is 12.8 Å². The van der Waals surface area contributed by atoms with Gasteiger partial charge in [-0.3, -0.25) is 9.59 Å². The van der Waals surface area contributed by atoms with E-state index in [9.17, 15) is 9.59 Å². The van der Waals surface area contributed by atoms with Gasteiger partial charge in [-0.2, -0.15) is 0 Å². The highest BCUT2D eigenvalue weighted by molar-refractivity contribution is 7.80. The average Bonchev–Trinajstić information content (AvgIpc) is 2.24. The first-order valence-corrected chi connectivity index (χ1v) is 6.18. The second kappa shape index (κ2) is 7.21. The number of primary amides is 1. The fourth-order valence-corrected chi connectivity index (χ4v) is 2.20. The largest absolute Gasteiger partial charge is 0.392 e. The number of nitrogens with two attached hydrogens (primary N) is 2. The Morgan fingerprint density at radius 2 is 1.65 bits per heavy atom. The van der Waals surface area contributed by atoms with Crippen LogP contribution in [0.1, 0.15) is 39.5 Å². The zero-order valence-electron chi connectivity index (χ0n) is 10.4. The van der Waals surface area contributed by atoms with Crippen LogP contribution in [0.4, 0.5) is 0 Å². The number of nitrogens with one attached hydrogen (secondary N) is 1. The van der Waals surface area contributed by atoms with Crippen molar-refractivity contribution in [2.45, 2.75) is 39.5 Å². The highest BCUT2D eigenvalue weighted by atomic mass is 32.1. The molecule has 0 spiro atoms. The topological polar surface area (TPSA) is 98.2 Å². The first-order chi connectivity index (χ1) is 7.90. The van der Waals surface area contributed by atoms with Crippen molar-refractivity contribution in [2.75, 3.05) is 6.54 Å². The van der Waals surface area contributed by atoms with Gasteiger partial charge in [-0.05, 0) is 12.8 Å². The van der Waals surface area contributed by atoms with Crippen LogP contribution in [0.5, 0.6) is 0 Å². The minimum Gasteiger partial charge on any atom is -0.392 e. The van der Waals surface area contributed by atoms with Gasteiger partial charge in [0.15, 0.2) is 0 Å². The summed E-state index contributed by atoms with van der Waals surface area (Å²) in [6.07, 6.45) is 2.75. The van der Waals surface area contributed by atoms with Crippen LogP contribution < -0.4 is 16.8 Å². The Hall–Kier alpha value is -1.17. The molecule has 0 aromatic rings. The summed E-state index contributed by atoms with van der Waals surface area (Å²) in [6, 6.07) is 0. The summed E-state index contributed by atoms with van der Waals surface area (Å²) in [7, 11) is 0. The smallest absolute Gasteiger partial charge is 0.236 e. The molecule has 0 heterocycles. The maximum Gasteiger partial charge on any atom is 0.236 e. The first kappa shape index (κ1) is 15.8. The van der Waals surface area contributed by atoms with E-state index in [2.05, 4.69) is 5.32 Å². The average molecular weight is 259 g/mol. The Morgan fingerprint density at radius 1 is 1.18 bits per heavy atom. The second-order valence-corrected chi connectivity index (χ2v) is 4.54. The molecular formula is C11H21N3O2S. The van der Waals surface area contributed by atoms with Gasteiger partial charge >= 0.3 is 0 Å². The number of thiocarbonyl (C=S) groups is 1. The molecule has 0 rings (SSSR count). The Kier molecular flexibility index (Phi) is 6.72. The zero-order chi connectivity index (χ0) is 13.5.